The lowest BCUT2D eigenvalue weighted by Crippen LogP contribution is -2.29. The monoisotopic (exact) mass is 305 g/mol. The molecule has 0 fully saturated rings. The molecule has 0 bridgehead atoms. The van der Waals surface area contributed by atoms with Gasteiger partial charge in [-0.05, 0) is 35.0 Å². The van der Waals surface area contributed by atoms with Crippen LogP contribution in [0.3, 0.4) is 0 Å². The third kappa shape index (κ3) is 2.89. The van der Waals surface area contributed by atoms with E-state index in [4.69, 9.17) is 19.8 Å². The highest BCUT2D eigenvalue weighted by Gasteiger charge is 2.17. The summed E-state index contributed by atoms with van der Waals surface area (Å²) < 4.78 is 48.2. The molecule has 0 radical (unpaired) electrons. The minimum absolute atomic E-state index is 0. The van der Waals surface area contributed by atoms with Crippen molar-refractivity contribution in [2.24, 2.45) is 0 Å². The van der Waals surface area contributed by atoms with Crippen molar-refractivity contribution in [3.05, 3.63) is 56.6 Å². The van der Waals surface area contributed by atoms with Crippen LogP contribution in [0.4, 0.5) is 0 Å². The molecule has 1 aliphatic rings. The fourth-order valence-electron chi connectivity index (χ4n) is 1.88. The molecule has 1 nitrogen and oxygen atoms in total. The third-order valence-corrected chi connectivity index (χ3v) is 4.03. The molecule has 0 spiro atoms. The second-order valence-electron chi connectivity index (χ2n) is 3.84. The van der Waals surface area contributed by atoms with Gasteiger partial charge in [-0.3, -0.25) is 4.90 Å². The second kappa shape index (κ2) is 6.07. The van der Waals surface area contributed by atoms with Gasteiger partial charge in [-0.2, -0.15) is 0 Å². The molecular weight excluding hydrogens is 285 g/mol. The number of hydrogen-bond donors (Lipinski definition) is 0. The molecule has 1 aromatic heterocycles. The van der Waals surface area contributed by atoms with E-state index >= 15 is 0 Å². The Bertz CT molecular complexity index is 750. The van der Waals surface area contributed by atoms with Crippen molar-refractivity contribution in [3.8, 4) is 0 Å². The highest BCUT2D eigenvalue weighted by atomic mass is 35.5. The summed E-state index contributed by atoms with van der Waals surface area (Å²) in [5.41, 5.74) is 0.867. The number of rotatable bonds is 2. The highest BCUT2D eigenvalue weighted by Crippen LogP contribution is 2.26. The van der Waals surface area contributed by atoms with Crippen LogP contribution in [0, 0.1) is 0 Å². The van der Waals surface area contributed by atoms with E-state index < -0.39 is 30.7 Å². The van der Waals surface area contributed by atoms with E-state index in [1.807, 2.05) is 11.4 Å². The molecule has 0 unspecified atom stereocenters. The van der Waals surface area contributed by atoms with Gasteiger partial charge in [-0.15, -0.1) is 23.7 Å². The zero-order valence-corrected chi connectivity index (χ0v) is 11.8. The maximum atomic E-state index is 8.47. The molecule has 96 valence electrons. The lowest BCUT2D eigenvalue weighted by molar-refractivity contribution is 0.247. The van der Waals surface area contributed by atoms with E-state index in [0.717, 1.165) is 12.0 Å². The van der Waals surface area contributed by atoms with Crippen molar-refractivity contribution in [3.63, 3.8) is 0 Å². The van der Waals surface area contributed by atoms with Gasteiger partial charge in [0.1, 0.15) is 0 Å². The van der Waals surface area contributed by atoms with Crippen molar-refractivity contribution >= 4 is 35.3 Å². The molecule has 2 heterocycles. The minimum Gasteiger partial charge on any atom is -0.294 e. The Kier molecular flexibility index (Phi) is 2.67. The third-order valence-electron chi connectivity index (χ3n) is 2.72. The Morgan fingerprint density at radius 2 is 2.28 bits per heavy atom. The number of halogens is 2. The summed E-state index contributed by atoms with van der Waals surface area (Å²) >= 11 is 7.73. The maximum Gasteiger partial charge on any atom is 0.0639 e. The van der Waals surface area contributed by atoms with Crippen molar-refractivity contribution < 1.29 is 8.22 Å². The standard InChI is InChI=1S/C14H14ClNS.ClH/c15-13-4-2-1-3-11(13)9-16-7-5-14-12(10-16)6-8-17-14;/h1-4,6,8H,5,7,9-10H2;1H/i1D,2D,3D,4D,9D2;. The fraction of sp³-hybridized carbons (Fsp3) is 0.286. The fourth-order valence-corrected chi connectivity index (χ4v) is 2.90. The van der Waals surface area contributed by atoms with Crippen LogP contribution < -0.4 is 0 Å². The summed E-state index contributed by atoms with van der Waals surface area (Å²) in [7, 11) is 0. The number of nitrogens with zero attached hydrogens (tertiary/aromatic N) is 1. The molecule has 0 amide bonds. The predicted molar refractivity (Wildman–Crippen MR) is 80.8 cm³/mol. The van der Waals surface area contributed by atoms with Gasteiger partial charge < -0.3 is 0 Å². The van der Waals surface area contributed by atoms with Crippen LogP contribution in [0.15, 0.2) is 35.6 Å². The van der Waals surface area contributed by atoms with E-state index in [1.54, 1.807) is 16.2 Å². The van der Waals surface area contributed by atoms with E-state index in [9.17, 15) is 0 Å². The van der Waals surface area contributed by atoms with Crippen LogP contribution in [0.1, 0.15) is 24.2 Å². The molecule has 18 heavy (non-hydrogen) atoms. The summed E-state index contributed by atoms with van der Waals surface area (Å²) in [4.78, 5) is 2.81. The summed E-state index contributed by atoms with van der Waals surface area (Å²) in [6.45, 7) is -1.21. The Morgan fingerprint density at radius 1 is 1.44 bits per heavy atom. The minimum atomic E-state index is -2.08. The number of fused-ring (bicyclic) bond motifs is 1. The van der Waals surface area contributed by atoms with Gasteiger partial charge in [-0.1, -0.05) is 29.7 Å². The highest BCUT2D eigenvalue weighted by molar-refractivity contribution is 7.10. The lowest BCUT2D eigenvalue weighted by atomic mass is 10.1. The Morgan fingerprint density at radius 3 is 3.17 bits per heavy atom. The van der Waals surface area contributed by atoms with Crippen molar-refractivity contribution in [2.75, 3.05) is 6.54 Å². The predicted octanol–water partition coefficient (Wildman–Crippen LogP) is 4.38. The molecule has 0 aliphatic carbocycles. The van der Waals surface area contributed by atoms with Crippen LogP contribution >= 0.6 is 35.3 Å². The zero-order valence-electron chi connectivity index (χ0n) is 15.4. The van der Waals surface area contributed by atoms with Gasteiger partial charge >= 0.3 is 0 Å². The van der Waals surface area contributed by atoms with Gasteiger partial charge in [0.05, 0.1) is 5.48 Å². The van der Waals surface area contributed by atoms with Gasteiger partial charge in [0.15, 0.2) is 0 Å². The second-order valence-corrected chi connectivity index (χ2v) is 5.22. The van der Waals surface area contributed by atoms with E-state index in [-0.39, 0.29) is 23.0 Å². The normalized spacial score (nSPS) is 20.5. The smallest absolute Gasteiger partial charge is 0.0639 e. The van der Waals surface area contributed by atoms with Crippen LogP contribution in [0.2, 0.25) is 5.02 Å². The average molecular weight is 306 g/mol. The lowest BCUT2D eigenvalue weighted by Gasteiger charge is -2.27. The Labute approximate surface area is 131 Å². The van der Waals surface area contributed by atoms with Crippen LogP contribution in [-0.4, -0.2) is 11.4 Å². The molecule has 0 atom stereocenters. The molecule has 1 aromatic carbocycles. The number of hydrogen-bond acceptors (Lipinski definition) is 2. The summed E-state index contributed by atoms with van der Waals surface area (Å²) in [5.74, 6) is 0. The first-order chi connectivity index (χ1) is 10.7. The molecule has 0 saturated heterocycles. The van der Waals surface area contributed by atoms with Crippen molar-refractivity contribution in [2.45, 2.75) is 19.5 Å². The Hall–Kier alpha value is -0.540. The van der Waals surface area contributed by atoms with Crippen LogP contribution in [0.5, 0.6) is 0 Å². The zero-order chi connectivity index (χ0) is 16.9. The molecular formula is C14H15Cl2NS. The molecule has 2 aromatic rings. The first-order valence-electron chi connectivity index (χ1n) is 8.31. The van der Waals surface area contributed by atoms with Gasteiger partial charge in [-0.25, -0.2) is 0 Å². The topological polar surface area (TPSA) is 3.24 Å². The molecule has 4 heteroatoms. The first-order valence-corrected chi connectivity index (χ1v) is 6.57. The molecule has 3 rings (SSSR count). The quantitative estimate of drug-likeness (QED) is 0.796. The number of thiophene rings is 1. The van der Waals surface area contributed by atoms with Gasteiger partial charge in [0, 0.05) is 32.2 Å². The van der Waals surface area contributed by atoms with Gasteiger partial charge in [0.25, 0.3) is 0 Å². The molecule has 0 saturated carbocycles. The average Bonchev–Trinajstić information content (AvgIpc) is 2.98. The van der Waals surface area contributed by atoms with E-state index in [1.165, 1.54) is 4.88 Å². The Balaban J connectivity index is 0.00000208. The SMILES string of the molecule is Cl.[2H]c1c([2H])c([2H])c(C([2H])([2H])N2CCc3sccc3C2)c(Cl)c1[2H]. The van der Waals surface area contributed by atoms with Crippen LogP contribution in [0.25, 0.3) is 0 Å². The largest absolute Gasteiger partial charge is 0.294 e. The summed E-state index contributed by atoms with van der Waals surface area (Å²) in [5, 5.41) is 1.72. The van der Waals surface area contributed by atoms with Crippen LogP contribution in [-0.2, 0) is 19.5 Å². The van der Waals surface area contributed by atoms with E-state index in [2.05, 4.69) is 0 Å². The van der Waals surface area contributed by atoms with E-state index in [0.29, 0.717) is 13.1 Å². The van der Waals surface area contributed by atoms with Gasteiger partial charge in [0.2, 0.25) is 0 Å². The van der Waals surface area contributed by atoms with Crippen molar-refractivity contribution in [1.29, 1.82) is 0 Å². The summed E-state index contributed by atoms with van der Waals surface area (Å²) in [6.07, 6.45) is 0.718. The number of benzene rings is 1. The maximum absolute atomic E-state index is 8.47. The van der Waals surface area contributed by atoms with Crippen molar-refractivity contribution in [1.82, 2.24) is 4.90 Å². The summed E-state index contributed by atoms with van der Waals surface area (Å²) in [6, 6.07) is 0.228. The molecule has 0 N–H and O–H groups in total. The molecule has 1 aliphatic heterocycles. The first kappa shape index (κ1) is 7.91.